The number of alkyl halides is 3. The molecule has 0 N–H and O–H groups in total. The Balaban J connectivity index is 1.43. The molecule has 192 valence electrons. The standard InChI is InChI=1S/C26H34F3N3O3/c1-24(2,3)34-20-9-10-21(30-15-20)23(33)32-13-11-25(12-14-32)17-31(18-26(27,28)29)16-22(35-25)19-7-5-4-6-8-19/h5,7-10,15,22H,4,6,11-14,16-18H2,1-3H3. The average Bonchev–Trinajstić information content (AvgIpc) is 2.78. The molecule has 6 nitrogen and oxygen atoms in total. The number of hydrogen-bond acceptors (Lipinski definition) is 5. The minimum absolute atomic E-state index is 0.195. The fourth-order valence-corrected chi connectivity index (χ4v) is 4.98. The summed E-state index contributed by atoms with van der Waals surface area (Å²) in [6.07, 6.45) is 5.70. The Morgan fingerprint density at radius 3 is 2.51 bits per heavy atom. The molecule has 1 aliphatic carbocycles. The van der Waals surface area contributed by atoms with Gasteiger partial charge in [0.15, 0.2) is 0 Å². The third kappa shape index (κ3) is 6.85. The molecule has 1 aromatic heterocycles. The molecular formula is C26H34F3N3O3. The van der Waals surface area contributed by atoms with Crippen LogP contribution in [0.1, 0.15) is 56.9 Å². The van der Waals surface area contributed by atoms with Crippen molar-refractivity contribution in [2.45, 2.75) is 69.9 Å². The second kappa shape index (κ2) is 9.93. The largest absolute Gasteiger partial charge is 0.487 e. The van der Waals surface area contributed by atoms with E-state index in [-0.39, 0.29) is 24.6 Å². The van der Waals surface area contributed by atoms with Crippen molar-refractivity contribution in [2.24, 2.45) is 0 Å². The normalized spacial score (nSPS) is 23.3. The zero-order chi connectivity index (χ0) is 25.3. The minimum atomic E-state index is -4.27. The molecule has 2 aliphatic heterocycles. The molecule has 1 unspecified atom stereocenters. The van der Waals surface area contributed by atoms with Gasteiger partial charge in [-0.2, -0.15) is 13.2 Å². The van der Waals surface area contributed by atoms with E-state index in [1.165, 1.54) is 4.90 Å². The highest BCUT2D eigenvalue weighted by atomic mass is 19.4. The molecule has 0 aromatic carbocycles. The molecule has 0 radical (unpaired) electrons. The van der Waals surface area contributed by atoms with Crippen molar-refractivity contribution >= 4 is 5.91 Å². The molecule has 9 heteroatoms. The van der Waals surface area contributed by atoms with E-state index in [0.29, 0.717) is 37.4 Å². The first kappa shape index (κ1) is 25.7. The minimum Gasteiger partial charge on any atom is -0.487 e. The third-order valence-corrected chi connectivity index (χ3v) is 6.47. The molecule has 1 amide bonds. The van der Waals surface area contributed by atoms with E-state index < -0.39 is 24.4 Å². The maximum absolute atomic E-state index is 13.3. The number of carbonyl (C=O) groups is 1. The monoisotopic (exact) mass is 493 g/mol. The number of halogens is 3. The van der Waals surface area contributed by atoms with Crippen molar-refractivity contribution in [2.75, 3.05) is 32.7 Å². The summed E-state index contributed by atoms with van der Waals surface area (Å²) in [5.74, 6) is 0.392. The van der Waals surface area contributed by atoms with E-state index in [1.807, 2.05) is 32.9 Å². The van der Waals surface area contributed by atoms with Gasteiger partial charge in [0.1, 0.15) is 17.0 Å². The Bertz CT molecular complexity index is 959. The van der Waals surface area contributed by atoms with Gasteiger partial charge in [0, 0.05) is 26.2 Å². The topological polar surface area (TPSA) is 54.9 Å². The Morgan fingerprint density at radius 1 is 1.20 bits per heavy atom. The summed E-state index contributed by atoms with van der Waals surface area (Å²) < 4.78 is 52.0. The van der Waals surface area contributed by atoms with E-state index in [4.69, 9.17) is 9.47 Å². The lowest BCUT2D eigenvalue weighted by atomic mass is 9.87. The molecule has 4 rings (SSSR count). The lowest BCUT2D eigenvalue weighted by Gasteiger charge is -2.50. The fraction of sp³-hybridized carbons (Fsp3) is 0.615. The number of likely N-dealkylation sites (tertiary alicyclic amines) is 1. The van der Waals surface area contributed by atoms with Crippen molar-refractivity contribution < 1.29 is 27.4 Å². The number of rotatable bonds is 4. The number of hydrogen-bond donors (Lipinski definition) is 0. The van der Waals surface area contributed by atoms with E-state index in [1.54, 1.807) is 23.2 Å². The van der Waals surface area contributed by atoms with E-state index in [0.717, 1.165) is 18.4 Å². The summed E-state index contributed by atoms with van der Waals surface area (Å²) in [5.41, 5.74) is 0.188. The molecule has 2 fully saturated rings. The number of amides is 1. The number of aromatic nitrogens is 1. The van der Waals surface area contributed by atoms with Crippen LogP contribution in [0, 0.1) is 0 Å². The molecule has 3 aliphatic rings. The van der Waals surface area contributed by atoms with Crippen LogP contribution >= 0.6 is 0 Å². The Hall–Kier alpha value is -2.39. The smallest absolute Gasteiger partial charge is 0.401 e. The molecule has 35 heavy (non-hydrogen) atoms. The predicted octanol–water partition coefficient (Wildman–Crippen LogP) is 4.77. The predicted molar refractivity (Wildman–Crippen MR) is 126 cm³/mol. The van der Waals surface area contributed by atoms with Gasteiger partial charge in [-0.1, -0.05) is 18.2 Å². The van der Waals surface area contributed by atoms with Crippen LogP contribution in [0.15, 0.2) is 42.1 Å². The van der Waals surface area contributed by atoms with Crippen LogP contribution in [0.5, 0.6) is 5.75 Å². The van der Waals surface area contributed by atoms with Gasteiger partial charge >= 0.3 is 6.18 Å². The van der Waals surface area contributed by atoms with Crippen molar-refractivity contribution in [3.8, 4) is 5.75 Å². The fourth-order valence-electron chi connectivity index (χ4n) is 4.98. The number of pyridine rings is 1. The second-order valence-electron chi connectivity index (χ2n) is 10.6. The van der Waals surface area contributed by atoms with Gasteiger partial charge in [-0.3, -0.25) is 9.69 Å². The highest BCUT2D eigenvalue weighted by Gasteiger charge is 2.46. The van der Waals surface area contributed by atoms with Gasteiger partial charge in [-0.15, -0.1) is 0 Å². The maximum atomic E-state index is 13.3. The van der Waals surface area contributed by atoms with Crippen molar-refractivity contribution in [1.82, 2.24) is 14.8 Å². The molecule has 1 atom stereocenters. The highest BCUT2D eigenvalue weighted by molar-refractivity contribution is 5.92. The quantitative estimate of drug-likeness (QED) is 0.605. The molecule has 0 saturated carbocycles. The van der Waals surface area contributed by atoms with Crippen molar-refractivity contribution in [1.29, 1.82) is 0 Å². The maximum Gasteiger partial charge on any atom is 0.401 e. The molecule has 0 bridgehead atoms. The van der Waals surface area contributed by atoms with Gasteiger partial charge in [-0.25, -0.2) is 4.98 Å². The molecular weight excluding hydrogens is 459 g/mol. The Labute approximate surface area is 204 Å². The lowest BCUT2D eigenvalue weighted by molar-refractivity contribution is -0.196. The number of carbonyl (C=O) groups excluding carboxylic acids is 1. The SMILES string of the molecule is CC(C)(C)Oc1ccc(C(=O)N2CCC3(CC2)CN(CC(F)(F)F)CC(C2=CCCC=C2)O3)nc1. The summed E-state index contributed by atoms with van der Waals surface area (Å²) in [6, 6.07) is 3.38. The van der Waals surface area contributed by atoms with Crippen molar-refractivity contribution in [3.63, 3.8) is 0 Å². The van der Waals surface area contributed by atoms with Crippen LogP contribution in [0.4, 0.5) is 13.2 Å². The first-order valence-corrected chi connectivity index (χ1v) is 12.2. The number of morpholine rings is 1. The number of piperidine rings is 1. The first-order chi connectivity index (χ1) is 16.4. The lowest BCUT2D eigenvalue weighted by Crippen LogP contribution is -2.61. The number of allylic oxidation sites excluding steroid dienone is 2. The zero-order valence-electron chi connectivity index (χ0n) is 20.6. The van der Waals surface area contributed by atoms with E-state index in [2.05, 4.69) is 11.1 Å². The van der Waals surface area contributed by atoms with Crippen LogP contribution < -0.4 is 4.74 Å². The summed E-state index contributed by atoms with van der Waals surface area (Å²) >= 11 is 0. The van der Waals surface area contributed by atoms with Crippen LogP contribution in [-0.2, 0) is 4.74 Å². The molecule has 1 aromatic rings. The van der Waals surface area contributed by atoms with Gasteiger partial charge in [0.05, 0.1) is 24.4 Å². The Kier molecular flexibility index (Phi) is 7.29. The van der Waals surface area contributed by atoms with Crippen LogP contribution in [0.2, 0.25) is 0 Å². The van der Waals surface area contributed by atoms with Crippen LogP contribution in [-0.4, -0.2) is 76.9 Å². The molecule has 2 saturated heterocycles. The molecule has 1 spiro atoms. The summed E-state index contributed by atoms with van der Waals surface area (Å²) in [4.78, 5) is 20.5. The van der Waals surface area contributed by atoms with Gasteiger partial charge in [-0.05, 0) is 64.2 Å². The average molecular weight is 494 g/mol. The van der Waals surface area contributed by atoms with Crippen molar-refractivity contribution in [3.05, 3.63) is 47.8 Å². The molecule has 3 heterocycles. The summed E-state index contributed by atoms with van der Waals surface area (Å²) in [5, 5.41) is 0. The summed E-state index contributed by atoms with van der Waals surface area (Å²) in [7, 11) is 0. The van der Waals surface area contributed by atoms with Gasteiger partial charge < -0.3 is 14.4 Å². The van der Waals surface area contributed by atoms with Crippen LogP contribution in [0.25, 0.3) is 0 Å². The summed E-state index contributed by atoms with van der Waals surface area (Å²) in [6.45, 7) is 6.08. The highest BCUT2D eigenvalue weighted by Crippen LogP contribution is 2.36. The van der Waals surface area contributed by atoms with Gasteiger partial charge in [0.25, 0.3) is 5.91 Å². The Morgan fingerprint density at radius 2 is 1.94 bits per heavy atom. The number of ether oxygens (including phenoxy) is 2. The van der Waals surface area contributed by atoms with E-state index in [9.17, 15) is 18.0 Å². The third-order valence-electron chi connectivity index (χ3n) is 6.47. The van der Waals surface area contributed by atoms with Gasteiger partial charge in [0.2, 0.25) is 0 Å². The zero-order valence-corrected chi connectivity index (χ0v) is 20.6. The van der Waals surface area contributed by atoms with Crippen LogP contribution in [0.3, 0.4) is 0 Å². The first-order valence-electron chi connectivity index (χ1n) is 12.2. The van der Waals surface area contributed by atoms with E-state index >= 15 is 0 Å². The second-order valence-corrected chi connectivity index (χ2v) is 10.6. The number of nitrogens with zero attached hydrogens (tertiary/aromatic N) is 3.